The van der Waals surface area contributed by atoms with Crippen molar-refractivity contribution in [3.05, 3.63) is 35.4 Å². The molecule has 0 aliphatic carbocycles. The molecule has 0 aromatic heterocycles. The van der Waals surface area contributed by atoms with Crippen molar-refractivity contribution in [3.63, 3.8) is 0 Å². The van der Waals surface area contributed by atoms with Crippen molar-refractivity contribution in [2.45, 2.75) is 66.0 Å². The summed E-state index contributed by atoms with van der Waals surface area (Å²) in [6.07, 6.45) is 0.967. The molecule has 0 bridgehead atoms. The Morgan fingerprint density at radius 3 is 1.86 bits per heavy atom. The van der Waals surface area contributed by atoms with Gasteiger partial charge in [0.1, 0.15) is 12.1 Å². The highest BCUT2D eigenvalue weighted by atomic mass is 32.2. The Balaban J connectivity index is 2.76. The van der Waals surface area contributed by atoms with E-state index in [1.165, 1.54) is 19.4 Å². The molecule has 10 heteroatoms. The van der Waals surface area contributed by atoms with E-state index in [0.717, 1.165) is 35.5 Å². The van der Waals surface area contributed by atoms with Gasteiger partial charge in [-0.25, -0.2) is 4.79 Å². The summed E-state index contributed by atoms with van der Waals surface area (Å²) in [6.45, 7) is 10.4. The van der Waals surface area contributed by atoms with E-state index < -0.39 is 35.0 Å². The first-order chi connectivity index (χ1) is 16.4. The molecule has 2 N–H and O–H groups in total. The molecule has 1 aromatic rings. The molecule has 8 nitrogen and oxygen atoms in total. The minimum Gasteiger partial charge on any atom is -0.464 e. The number of nitrogens with one attached hydrogen (secondary N) is 2. The number of rotatable bonds is 13. The SMILES string of the molecule is CCOC(=O)C(CSC(=O)C(CSC(=O)[C@H](C)c1ccc(CC(C)C)cc1)NC(C)=O)NC(C)=O. The Labute approximate surface area is 216 Å². The van der Waals surface area contributed by atoms with Crippen molar-refractivity contribution < 1.29 is 28.7 Å². The second-order valence-corrected chi connectivity index (χ2v) is 10.6. The van der Waals surface area contributed by atoms with Crippen molar-refractivity contribution in [2.75, 3.05) is 18.1 Å². The van der Waals surface area contributed by atoms with E-state index in [-0.39, 0.29) is 29.1 Å². The number of esters is 1. The Hall–Kier alpha value is -2.33. The van der Waals surface area contributed by atoms with Crippen LogP contribution in [0.2, 0.25) is 0 Å². The number of hydrogen-bond acceptors (Lipinski definition) is 8. The topological polar surface area (TPSA) is 119 Å². The molecule has 0 fully saturated rings. The molecule has 194 valence electrons. The Morgan fingerprint density at radius 2 is 1.34 bits per heavy atom. The Morgan fingerprint density at radius 1 is 0.829 bits per heavy atom. The van der Waals surface area contributed by atoms with Gasteiger partial charge in [0.15, 0.2) is 5.12 Å². The molecule has 2 amide bonds. The number of carbonyl (C=O) groups excluding carboxylic acids is 5. The molecule has 0 spiro atoms. The zero-order valence-corrected chi connectivity index (χ0v) is 22.8. The first-order valence-corrected chi connectivity index (χ1v) is 13.5. The maximum Gasteiger partial charge on any atom is 0.329 e. The zero-order chi connectivity index (χ0) is 26.5. The summed E-state index contributed by atoms with van der Waals surface area (Å²) < 4.78 is 4.94. The van der Waals surface area contributed by atoms with E-state index in [0.29, 0.717) is 5.92 Å². The van der Waals surface area contributed by atoms with Crippen LogP contribution in [0.1, 0.15) is 58.6 Å². The Bertz CT molecular complexity index is 888. The number of benzene rings is 1. The second-order valence-electron chi connectivity index (χ2n) is 8.58. The lowest BCUT2D eigenvalue weighted by molar-refractivity contribution is -0.146. The van der Waals surface area contributed by atoms with E-state index in [1.807, 2.05) is 31.2 Å². The molecule has 0 saturated heterocycles. The van der Waals surface area contributed by atoms with Crippen molar-refractivity contribution in [3.8, 4) is 0 Å². The van der Waals surface area contributed by atoms with E-state index in [4.69, 9.17) is 4.74 Å². The summed E-state index contributed by atoms with van der Waals surface area (Å²) >= 11 is 1.78. The van der Waals surface area contributed by atoms with Crippen LogP contribution in [0.3, 0.4) is 0 Å². The fourth-order valence-electron chi connectivity index (χ4n) is 3.18. The number of carbonyl (C=O) groups is 5. The predicted molar refractivity (Wildman–Crippen MR) is 140 cm³/mol. The average Bonchev–Trinajstić information content (AvgIpc) is 2.78. The summed E-state index contributed by atoms with van der Waals surface area (Å²) in [6, 6.07) is 6.03. The van der Waals surface area contributed by atoms with Gasteiger partial charge in [0.25, 0.3) is 0 Å². The van der Waals surface area contributed by atoms with Crippen LogP contribution >= 0.6 is 23.5 Å². The smallest absolute Gasteiger partial charge is 0.329 e. The maximum absolute atomic E-state index is 12.8. The van der Waals surface area contributed by atoms with Gasteiger partial charge in [-0.1, -0.05) is 68.6 Å². The maximum atomic E-state index is 12.8. The number of thioether (sulfide) groups is 2. The first-order valence-electron chi connectivity index (χ1n) is 11.6. The fraction of sp³-hybridized carbons (Fsp3) is 0.560. The largest absolute Gasteiger partial charge is 0.464 e. The number of hydrogen-bond donors (Lipinski definition) is 2. The Kier molecular flexibility index (Phi) is 13.7. The molecule has 0 saturated carbocycles. The van der Waals surface area contributed by atoms with Crippen LogP contribution in [0.4, 0.5) is 0 Å². The third-order valence-electron chi connectivity index (χ3n) is 4.87. The summed E-state index contributed by atoms with van der Waals surface area (Å²) in [5, 5.41) is 4.51. The highest BCUT2D eigenvalue weighted by Gasteiger charge is 2.27. The van der Waals surface area contributed by atoms with Gasteiger partial charge in [0.2, 0.25) is 16.9 Å². The average molecular weight is 525 g/mol. The van der Waals surface area contributed by atoms with Gasteiger partial charge in [-0.2, -0.15) is 0 Å². The van der Waals surface area contributed by atoms with E-state index in [2.05, 4.69) is 24.5 Å². The van der Waals surface area contributed by atoms with Gasteiger partial charge >= 0.3 is 5.97 Å². The predicted octanol–water partition coefficient (Wildman–Crippen LogP) is 3.08. The van der Waals surface area contributed by atoms with Gasteiger partial charge in [-0.3, -0.25) is 19.2 Å². The molecule has 0 aliphatic rings. The van der Waals surface area contributed by atoms with Crippen LogP contribution < -0.4 is 10.6 Å². The lowest BCUT2D eigenvalue weighted by atomic mass is 9.97. The second kappa shape index (κ2) is 15.6. The zero-order valence-electron chi connectivity index (χ0n) is 21.2. The molecule has 0 radical (unpaired) electrons. The molecule has 1 rings (SSSR count). The summed E-state index contributed by atoms with van der Waals surface area (Å²) in [7, 11) is 0. The van der Waals surface area contributed by atoms with Crippen molar-refractivity contribution in [2.24, 2.45) is 5.92 Å². The monoisotopic (exact) mass is 524 g/mol. The molecule has 2 unspecified atom stereocenters. The molecule has 35 heavy (non-hydrogen) atoms. The third-order valence-corrected chi connectivity index (χ3v) is 7.08. The quantitative estimate of drug-likeness (QED) is 0.378. The number of amides is 2. The van der Waals surface area contributed by atoms with Crippen LogP contribution in [-0.2, 0) is 35.1 Å². The first kappa shape index (κ1) is 30.7. The van der Waals surface area contributed by atoms with Gasteiger partial charge in [0.05, 0.1) is 12.5 Å². The van der Waals surface area contributed by atoms with Crippen molar-refractivity contribution >= 4 is 51.5 Å². The summed E-state index contributed by atoms with van der Waals surface area (Å²) in [5.74, 6) is -1.30. The van der Waals surface area contributed by atoms with Crippen molar-refractivity contribution in [1.29, 1.82) is 0 Å². The highest BCUT2D eigenvalue weighted by molar-refractivity contribution is 8.15. The van der Waals surface area contributed by atoms with E-state index >= 15 is 0 Å². The molecule has 0 heterocycles. The lowest BCUT2D eigenvalue weighted by Gasteiger charge is -2.19. The molecule has 3 atom stereocenters. The van der Waals surface area contributed by atoms with E-state index in [1.54, 1.807) is 6.92 Å². The van der Waals surface area contributed by atoms with Crippen LogP contribution in [0.5, 0.6) is 0 Å². The molecular weight excluding hydrogens is 488 g/mol. The molecular formula is C25H36N2O6S2. The van der Waals surface area contributed by atoms with E-state index in [9.17, 15) is 24.0 Å². The van der Waals surface area contributed by atoms with Gasteiger partial charge < -0.3 is 15.4 Å². The molecule has 0 aliphatic heterocycles. The van der Waals surface area contributed by atoms with Crippen LogP contribution in [0.25, 0.3) is 0 Å². The van der Waals surface area contributed by atoms with Gasteiger partial charge in [-0.05, 0) is 30.4 Å². The van der Waals surface area contributed by atoms with Crippen molar-refractivity contribution in [1.82, 2.24) is 10.6 Å². The van der Waals surface area contributed by atoms with Crippen LogP contribution in [0, 0.1) is 5.92 Å². The minimum absolute atomic E-state index is 0.0505. The van der Waals surface area contributed by atoms with Crippen LogP contribution in [-0.4, -0.2) is 58.2 Å². The standard InChI is InChI=1S/C25H36N2O6S2/c1-7-33-23(30)21(26-17(5)28)13-35-25(32)22(27-18(6)29)14-34-24(31)16(4)20-10-8-19(9-11-20)12-15(2)3/h8-11,15-16,21-22H,7,12-14H2,1-6H3,(H,26,28)(H,27,29)/t16-,21?,22?/m1/s1. The van der Waals surface area contributed by atoms with Crippen LogP contribution in [0.15, 0.2) is 24.3 Å². The minimum atomic E-state index is -0.993. The fourth-order valence-corrected chi connectivity index (χ4v) is 5.13. The summed E-state index contributed by atoms with van der Waals surface area (Å²) in [4.78, 5) is 60.7. The van der Waals surface area contributed by atoms with Gasteiger partial charge in [-0.15, -0.1) is 0 Å². The third kappa shape index (κ3) is 11.8. The lowest BCUT2D eigenvalue weighted by Crippen LogP contribution is -2.44. The van der Waals surface area contributed by atoms with Gasteiger partial charge in [0, 0.05) is 25.4 Å². The molecule has 1 aromatic carbocycles. The normalized spacial score (nSPS) is 13.5. The number of ether oxygens (including phenoxy) is 1. The highest BCUT2D eigenvalue weighted by Crippen LogP contribution is 2.24. The summed E-state index contributed by atoms with van der Waals surface area (Å²) in [5.41, 5.74) is 2.10.